The SMILES string of the molecule is CCC[C@@H]1[C@H](F)C(=O)N[C@@H]1COc1nccc2cc(C(N)=O)c(OC)cc12. The van der Waals surface area contributed by atoms with Crippen molar-refractivity contribution in [3.05, 3.63) is 30.0 Å². The van der Waals surface area contributed by atoms with Gasteiger partial charge in [-0.25, -0.2) is 9.37 Å². The van der Waals surface area contributed by atoms with E-state index in [2.05, 4.69) is 10.3 Å². The van der Waals surface area contributed by atoms with Crippen molar-refractivity contribution in [2.45, 2.75) is 32.0 Å². The summed E-state index contributed by atoms with van der Waals surface area (Å²) in [6.45, 7) is 2.05. The summed E-state index contributed by atoms with van der Waals surface area (Å²) >= 11 is 0. The fourth-order valence-corrected chi connectivity index (χ4v) is 3.43. The number of nitrogens with one attached hydrogen (secondary N) is 1. The van der Waals surface area contributed by atoms with Crippen LogP contribution in [-0.4, -0.2) is 42.7 Å². The molecule has 1 fully saturated rings. The summed E-state index contributed by atoms with van der Waals surface area (Å²) in [4.78, 5) is 27.5. The van der Waals surface area contributed by atoms with Gasteiger partial charge in [-0.15, -0.1) is 0 Å². The van der Waals surface area contributed by atoms with Crippen LogP contribution in [0.5, 0.6) is 11.6 Å². The molecule has 0 unspecified atom stereocenters. The van der Waals surface area contributed by atoms with Crippen molar-refractivity contribution in [2.75, 3.05) is 13.7 Å². The minimum absolute atomic E-state index is 0.100. The van der Waals surface area contributed by atoms with Crippen molar-refractivity contribution < 1.29 is 23.5 Å². The Morgan fingerprint density at radius 2 is 2.19 bits per heavy atom. The molecule has 1 aliphatic rings. The van der Waals surface area contributed by atoms with Crippen LogP contribution >= 0.6 is 0 Å². The number of hydrogen-bond acceptors (Lipinski definition) is 5. The van der Waals surface area contributed by atoms with Crippen LogP contribution < -0.4 is 20.5 Å². The van der Waals surface area contributed by atoms with Crippen molar-refractivity contribution in [3.8, 4) is 11.6 Å². The normalized spacial score (nSPS) is 21.9. The second kappa shape index (κ2) is 7.77. The summed E-state index contributed by atoms with van der Waals surface area (Å²) in [5, 5.41) is 3.99. The minimum atomic E-state index is -1.52. The van der Waals surface area contributed by atoms with Gasteiger partial charge in [-0.05, 0) is 30.0 Å². The number of aromatic nitrogens is 1. The first-order valence-corrected chi connectivity index (χ1v) is 8.80. The third kappa shape index (κ3) is 3.65. The van der Waals surface area contributed by atoms with Gasteiger partial charge in [0.2, 0.25) is 5.88 Å². The molecule has 0 bridgehead atoms. The quantitative estimate of drug-likeness (QED) is 0.770. The molecule has 27 heavy (non-hydrogen) atoms. The molecular weight excluding hydrogens is 353 g/mol. The molecule has 2 aromatic rings. The first-order valence-electron chi connectivity index (χ1n) is 8.80. The molecule has 2 heterocycles. The molecule has 1 aromatic heterocycles. The number of ether oxygens (including phenoxy) is 2. The first-order chi connectivity index (χ1) is 13.0. The standard InChI is InChI=1S/C19H22FN3O4/c1-3-4-11-14(23-18(25)16(11)20)9-27-19-12-8-15(26-2)13(17(21)24)7-10(12)5-6-22-19/h5-8,11,14,16H,3-4,9H2,1-2H3,(H2,21,24)(H,23,25)/t11-,14+,16-/m0/s1. The molecule has 7 nitrogen and oxygen atoms in total. The maximum Gasteiger partial charge on any atom is 0.255 e. The van der Waals surface area contributed by atoms with Crippen LogP contribution in [0.1, 0.15) is 30.1 Å². The Balaban J connectivity index is 1.87. The number of amides is 2. The van der Waals surface area contributed by atoms with Crippen molar-refractivity contribution >= 4 is 22.6 Å². The number of carbonyl (C=O) groups excluding carboxylic acids is 2. The number of nitrogens with zero attached hydrogens (tertiary/aromatic N) is 1. The Bertz CT molecular complexity index is 873. The zero-order valence-electron chi connectivity index (χ0n) is 15.2. The number of methoxy groups -OCH3 is 1. The molecule has 0 aliphatic carbocycles. The van der Waals surface area contributed by atoms with Gasteiger partial charge < -0.3 is 20.5 Å². The molecular formula is C19H22FN3O4. The van der Waals surface area contributed by atoms with Gasteiger partial charge in [0.15, 0.2) is 6.17 Å². The number of nitrogens with two attached hydrogens (primary N) is 1. The number of carbonyl (C=O) groups is 2. The summed E-state index contributed by atoms with van der Waals surface area (Å²) in [5.74, 6) is -0.990. The molecule has 1 saturated heterocycles. The molecule has 2 amide bonds. The average molecular weight is 375 g/mol. The van der Waals surface area contributed by atoms with Crippen LogP contribution in [0.15, 0.2) is 24.4 Å². The Kier molecular flexibility index (Phi) is 5.43. The number of alkyl halides is 1. The van der Waals surface area contributed by atoms with E-state index in [-0.39, 0.29) is 12.2 Å². The van der Waals surface area contributed by atoms with Gasteiger partial charge in [0, 0.05) is 17.5 Å². The molecule has 1 aromatic carbocycles. The monoisotopic (exact) mass is 375 g/mol. The topological polar surface area (TPSA) is 104 Å². The third-order valence-corrected chi connectivity index (χ3v) is 4.81. The summed E-state index contributed by atoms with van der Waals surface area (Å²) in [7, 11) is 1.44. The summed E-state index contributed by atoms with van der Waals surface area (Å²) in [6.07, 6.45) is 1.39. The third-order valence-electron chi connectivity index (χ3n) is 4.81. The highest BCUT2D eigenvalue weighted by atomic mass is 19.1. The van der Waals surface area contributed by atoms with Crippen LogP contribution in [0.2, 0.25) is 0 Å². The maximum atomic E-state index is 14.1. The Labute approximate surface area is 156 Å². The lowest BCUT2D eigenvalue weighted by molar-refractivity contribution is -0.124. The molecule has 144 valence electrons. The van der Waals surface area contributed by atoms with Crippen molar-refractivity contribution in [1.29, 1.82) is 0 Å². The average Bonchev–Trinajstić information content (AvgIpc) is 2.93. The lowest BCUT2D eigenvalue weighted by Crippen LogP contribution is -2.35. The number of rotatable bonds is 7. The van der Waals surface area contributed by atoms with Crippen LogP contribution in [0.4, 0.5) is 4.39 Å². The van der Waals surface area contributed by atoms with Gasteiger partial charge in [-0.1, -0.05) is 13.3 Å². The zero-order chi connectivity index (χ0) is 19.6. The van der Waals surface area contributed by atoms with Gasteiger partial charge in [-0.3, -0.25) is 9.59 Å². The number of pyridine rings is 1. The largest absolute Gasteiger partial charge is 0.496 e. The maximum absolute atomic E-state index is 14.1. The summed E-state index contributed by atoms with van der Waals surface area (Å²) < 4.78 is 25.1. The number of benzene rings is 1. The van der Waals surface area contributed by atoms with E-state index in [0.717, 1.165) is 6.42 Å². The van der Waals surface area contributed by atoms with E-state index >= 15 is 0 Å². The van der Waals surface area contributed by atoms with Crippen LogP contribution in [-0.2, 0) is 4.79 Å². The Hall–Kier alpha value is -2.90. The number of primary amides is 1. The predicted molar refractivity (Wildman–Crippen MR) is 97.5 cm³/mol. The van der Waals surface area contributed by atoms with Gasteiger partial charge in [0.25, 0.3) is 11.8 Å². The molecule has 8 heteroatoms. The van der Waals surface area contributed by atoms with Gasteiger partial charge >= 0.3 is 0 Å². The predicted octanol–water partition coefficient (Wildman–Crippen LogP) is 1.97. The molecule has 3 N–H and O–H groups in total. The van der Waals surface area contributed by atoms with Crippen molar-refractivity contribution in [3.63, 3.8) is 0 Å². The van der Waals surface area contributed by atoms with Gasteiger partial charge in [0.1, 0.15) is 12.4 Å². The fourth-order valence-electron chi connectivity index (χ4n) is 3.43. The second-order valence-electron chi connectivity index (χ2n) is 6.53. The van der Waals surface area contributed by atoms with E-state index in [1.807, 2.05) is 6.92 Å². The van der Waals surface area contributed by atoms with E-state index in [4.69, 9.17) is 15.2 Å². The fraction of sp³-hybridized carbons (Fsp3) is 0.421. The highest BCUT2D eigenvalue weighted by Crippen LogP contribution is 2.31. The van der Waals surface area contributed by atoms with E-state index < -0.39 is 29.9 Å². The second-order valence-corrected chi connectivity index (χ2v) is 6.53. The smallest absolute Gasteiger partial charge is 0.255 e. The van der Waals surface area contributed by atoms with E-state index in [1.165, 1.54) is 7.11 Å². The van der Waals surface area contributed by atoms with Gasteiger partial charge in [-0.2, -0.15) is 0 Å². The van der Waals surface area contributed by atoms with E-state index in [9.17, 15) is 14.0 Å². The Morgan fingerprint density at radius 1 is 1.41 bits per heavy atom. The number of hydrogen-bond donors (Lipinski definition) is 2. The first kappa shape index (κ1) is 18.9. The number of halogens is 1. The van der Waals surface area contributed by atoms with Crippen LogP contribution in [0.3, 0.4) is 0 Å². The Morgan fingerprint density at radius 3 is 2.85 bits per heavy atom. The molecule has 0 saturated carbocycles. The van der Waals surface area contributed by atoms with Crippen molar-refractivity contribution in [1.82, 2.24) is 10.3 Å². The highest BCUT2D eigenvalue weighted by molar-refractivity contribution is 6.01. The summed E-state index contributed by atoms with van der Waals surface area (Å²) in [5.41, 5.74) is 5.65. The van der Waals surface area contributed by atoms with Crippen LogP contribution in [0, 0.1) is 5.92 Å². The van der Waals surface area contributed by atoms with E-state index in [1.54, 1.807) is 24.4 Å². The molecule has 1 aliphatic heterocycles. The molecule has 3 atom stereocenters. The lowest BCUT2D eigenvalue weighted by Gasteiger charge is -2.19. The van der Waals surface area contributed by atoms with Crippen LogP contribution in [0.25, 0.3) is 10.8 Å². The molecule has 0 spiro atoms. The lowest BCUT2D eigenvalue weighted by atomic mass is 9.94. The molecule has 0 radical (unpaired) electrons. The highest BCUT2D eigenvalue weighted by Gasteiger charge is 2.42. The molecule has 3 rings (SSSR count). The van der Waals surface area contributed by atoms with Gasteiger partial charge in [0.05, 0.1) is 18.7 Å². The van der Waals surface area contributed by atoms with Crippen molar-refractivity contribution in [2.24, 2.45) is 11.7 Å². The summed E-state index contributed by atoms with van der Waals surface area (Å²) in [6, 6.07) is 4.55. The zero-order valence-corrected chi connectivity index (χ0v) is 15.2. The van der Waals surface area contributed by atoms with E-state index in [0.29, 0.717) is 28.8 Å². The minimum Gasteiger partial charge on any atom is -0.496 e. The number of fused-ring (bicyclic) bond motifs is 1.